The van der Waals surface area contributed by atoms with Crippen LogP contribution in [0.4, 0.5) is 5.69 Å². The van der Waals surface area contributed by atoms with Crippen molar-refractivity contribution in [2.45, 2.75) is 38.3 Å². The number of likely N-dealkylation sites (tertiary alicyclic amines) is 1. The Morgan fingerprint density at radius 3 is 2.47 bits per heavy atom. The summed E-state index contributed by atoms with van der Waals surface area (Å²) < 4.78 is 0. The molecule has 5 heteroatoms. The number of rotatable bonds is 8. The number of amides is 2. The maximum Gasteiger partial charge on any atom is 0.255 e. The van der Waals surface area contributed by atoms with Crippen LogP contribution in [-0.2, 0) is 24.2 Å². The first-order chi connectivity index (χ1) is 15.6. The highest BCUT2D eigenvalue weighted by Crippen LogP contribution is 2.22. The quantitative estimate of drug-likeness (QED) is 0.566. The molecule has 1 aliphatic rings. The number of nitrogens with two attached hydrogens (primary N) is 1. The molecule has 1 saturated heterocycles. The minimum atomic E-state index is -0.265. The third kappa shape index (κ3) is 5.42. The fraction of sp³-hybridized carbons (Fsp3) is 0.259. The number of hydrogen-bond acceptors (Lipinski definition) is 3. The van der Waals surface area contributed by atoms with Gasteiger partial charge in [0.05, 0.1) is 6.04 Å². The zero-order valence-corrected chi connectivity index (χ0v) is 18.2. The average molecular weight is 428 g/mol. The summed E-state index contributed by atoms with van der Waals surface area (Å²) >= 11 is 0. The fourth-order valence-electron chi connectivity index (χ4n) is 4.40. The van der Waals surface area contributed by atoms with Crippen molar-refractivity contribution in [3.05, 3.63) is 101 Å². The molecule has 1 atom stereocenters. The van der Waals surface area contributed by atoms with Gasteiger partial charge in [-0.3, -0.25) is 14.5 Å². The molecule has 5 nitrogen and oxygen atoms in total. The van der Waals surface area contributed by atoms with Gasteiger partial charge in [-0.1, -0.05) is 60.7 Å². The lowest BCUT2D eigenvalue weighted by Gasteiger charge is -2.22. The molecule has 2 amide bonds. The highest BCUT2D eigenvalue weighted by atomic mass is 16.2. The Kier molecular flexibility index (Phi) is 6.97. The third-order valence-electron chi connectivity index (χ3n) is 6.05. The van der Waals surface area contributed by atoms with E-state index in [4.69, 9.17) is 5.73 Å². The van der Waals surface area contributed by atoms with Gasteiger partial charge in [-0.05, 0) is 67.1 Å². The molecule has 32 heavy (non-hydrogen) atoms. The molecule has 0 saturated carbocycles. The van der Waals surface area contributed by atoms with E-state index in [-0.39, 0.29) is 17.9 Å². The molecule has 3 N–H and O–H groups in total. The number of carbonyl (C=O) groups is 2. The van der Waals surface area contributed by atoms with Gasteiger partial charge >= 0.3 is 0 Å². The van der Waals surface area contributed by atoms with Crippen molar-refractivity contribution in [2.24, 2.45) is 5.73 Å². The van der Waals surface area contributed by atoms with Crippen LogP contribution in [0.25, 0.3) is 0 Å². The zero-order chi connectivity index (χ0) is 22.3. The molecule has 1 aliphatic heterocycles. The Morgan fingerprint density at radius 2 is 1.66 bits per heavy atom. The van der Waals surface area contributed by atoms with Crippen LogP contribution < -0.4 is 11.1 Å². The van der Waals surface area contributed by atoms with Crippen molar-refractivity contribution in [3.63, 3.8) is 0 Å². The molecule has 0 aromatic heterocycles. The zero-order valence-electron chi connectivity index (χ0n) is 18.2. The van der Waals surface area contributed by atoms with E-state index < -0.39 is 0 Å². The first kappa shape index (κ1) is 21.8. The summed E-state index contributed by atoms with van der Waals surface area (Å²) in [5.74, 6) is -0.374. The summed E-state index contributed by atoms with van der Waals surface area (Å²) in [6.45, 7) is 1.50. The van der Waals surface area contributed by atoms with E-state index in [9.17, 15) is 9.59 Å². The monoisotopic (exact) mass is 427 g/mol. The molecule has 0 spiro atoms. The van der Waals surface area contributed by atoms with Crippen molar-refractivity contribution >= 4 is 17.5 Å². The molecule has 4 rings (SSSR count). The summed E-state index contributed by atoms with van der Waals surface area (Å²) in [6.07, 6.45) is 3.48. The molecular weight excluding hydrogens is 398 g/mol. The Hall–Kier alpha value is -3.44. The van der Waals surface area contributed by atoms with Crippen molar-refractivity contribution in [3.8, 4) is 0 Å². The van der Waals surface area contributed by atoms with Crippen LogP contribution >= 0.6 is 0 Å². The van der Waals surface area contributed by atoms with Gasteiger partial charge in [0.15, 0.2) is 0 Å². The number of anilines is 1. The molecule has 0 bridgehead atoms. The van der Waals surface area contributed by atoms with Gasteiger partial charge in [-0.15, -0.1) is 0 Å². The summed E-state index contributed by atoms with van der Waals surface area (Å²) in [4.78, 5) is 26.8. The Morgan fingerprint density at radius 1 is 0.906 bits per heavy atom. The molecule has 0 aliphatic carbocycles. The van der Waals surface area contributed by atoms with Crippen molar-refractivity contribution in [1.82, 2.24) is 4.90 Å². The van der Waals surface area contributed by atoms with Crippen LogP contribution in [0.1, 0.15) is 39.9 Å². The first-order valence-corrected chi connectivity index (χ1v) is 11.2. The lowest BCUT2D eigenvalue weighted by atomic mass is 9.99. The second-order valence-electron chi connectivity index (χ2n) is 8.33. The van der Waals surface area contributed by atoms with E-state index in [1.165, 1.54) is 5.56 Å². The number of benzene rings is 3. The van der Waals surface area contributed by atoms with Crippen LogP contribution in [0.3, 0.4) is 0 Å². The highest BCUT2D eigenvalue weighted by Gasteiger charge is 2.28. The Bertz CT molecular complexity index is 1080. The normalized spacial score (nSPS) is 16.1. The molecule has 1 fully saturated rings. The summed E-state index contributed by atoms with van der Waals surface area (Å²) in [6, 6.07) is 25.7. The number of primary amides is 1. The van der Waals surface area contributed by atoms with Gasteiger partial charge in [0.1, 0.15) is 0 Å². The summed E-state index contributed by atoms with van der Waals surface area (Å²) in [5.41, 5.74) is 10.3. The Balaban J connectivity index is 1.43. The number of carbonyl (C=O) groups excluding carboxylic acids is 2. The third-order valence-corrected chi connectivity index (χ3v) is 6.05. The molecule has 0 radical (unpaired) electrons. The lowest BCUT2D eigenvalue weighted by Crippen LogP contribution is -2.39. The van der Waals surface area contributed by atoms with Crippen molar-refractivity contribution in [1.29, 1.82) is 0 Å². The van der Waals surface area contributed by atoms with E-state index in [0.717, 1.165) is 49.0 Å². The topological polar surface area (TPSA) is 75.4 Å². The van der Waals surface area contributed by atoms with Gasteiger partial charge in [0, 0.05) is 17.8 Å². The Labute approximate surface area is 189 Å². The van der Waals surface area contributed by atoms with E-state index in [1.54, 1.807) is 0 Å². The standard InChI is InChI=1S/C27H29N3O2/c28-26(31)25-14-7-17-30(25)19-21-10-6-12-23(18-21)29-27(32)24-13-5-4-11-22(24)16-15-20-8-2-1-3-9-20/h1-6,8-13,18,25H,7,14-17,19H2,(H2,28,31)(H,29,32). The number of aryl methyl sites for hydroxylation is 2. The predicted molar refractivity (Wildman–Crippen MR) is 127 cm³/mol. The minimum absolute atomic E-state index is 0.109. The number of nitrogens with zero attached hydrogens (tertiary/aromatic N) is 1. The number of nitrogens with one attached hydrogen (secondary N) is 1. The predicted octanol–water partition coefficient (Wildman–Crippen LogP) is 4.17. The highest BCUT2D eigenvalue weighted by molar-refractivity contribution is 6.05. The van der Waals surface area contributed by atoms with Crippen molar-refractivity contribution < 1.29 is 9.59 Å². The largest absolute Gasteiger partial charge is 0.368 e. The van der Waals surface area contributed by atoms with Crippen LogP contribution in [0.2, 0.25) is 0 Å². The van der Waals surface area contributed by atoms with Gasteiger partial charge in [-0.2, -0.15) is 0 Å². The van der Waals surface area contributed by atoms with Crippen LogP contribution in [0.5, 0.6) is 0 Å². The van der Waals surface area contributed by atoms with Crippen LogP contribution in [-0.4, -0.2) is 29.3 Å². The van der Waals surface area contributed by atoms with Gasteiger partial charge < -0.3 is 11.1 Å². The SMILES string of the molecule is NC(=O)C1CCCN1Cc1cccc(NC(=O)c2ccccc2CCc2ccccc2)c1. The van der Waals surface area contributed by atoms with E-state index in [0.29, 0.717) is 12.1 Å². The average Bonchev–Trinajstić information content (AvgIpc) is 3.27. The summed E-state index contributed by atoms with van der Waals surface area (Å²) in [7, 11) is 0. The molecule has 3 aromatic rings. The van der Waals surface area contributed by atoms with Gasteiger partial charge in [0.25, 0.3) is 5.91 Å². The van der Waals surface area contributed by atoms with Crippen LogP contribution in [0.15, 0.2) is 78.9 Å². The van der Waals surface area contributed by atoms with E-state index in [1.807, 2.05) is 66.7 Å². The fourth-order valence-corrected chi connectivity index (χ4v) is 4.40. The number of hydrogen-bond donors (Lipinski definition) is 2. The molecule has 164 valence electrons. The molecule has 3 aromatic carbocycles. The maximum atomic E-state index is 13.1. The van der Waals surface area contributed by atoms with E-state index in [2.05, 4.69) is 22.3 Å². The molecule has 1 unspecified atom stereocenters. The van der Waals surface area contributed by atoms with E-state index >= 15 is 0 Å². The molecular formula is C27H29N3O2. The van der Waals surface area contributed by atoms with Gasteiger partial charge in [0.2, 0.25) is 5.91 Å². The minimum Gasteiger partial charge on any atom is -0.368 e. The molecule has 1 heterocycles. The second-order valence-corrected chi connectivity index (χ2v) is 8.33. The van der Waals surface area contributed by atoms with Crippen LogP contribution in [0, 0.1) is 0 Å². The van der Waals surface area contributed by atoms with Crippen molar-refractivity contribution in [2.75, 3.05) is 11.9 Å². The first-order valence-electron chi connectivity index (χ1n) is 11.2. The second kappa shape index (κ2) is 10.2. The summed E-state index contributed by atoms with van der Waals surface area (Å²) in [5, 5.41) is 3.05. The lowest BCUT2D eigenvalue weighted by molar-refractivity contribution is -0.122. The maximum absolute atomic E-state index is 13.1. The smallest absolute Gasteiger partial charge is 0.255 e. The van der Waals surface area contributed by atoms with Gasteiger partial charge in [-0.25, -0.2) is 0 Å².